The van der Waals surface area contributed by atoms with Gasteiger partial charge < -0.3 is 19.8 Å². The zero-order chi connectivity index (χ0) is 13.7. The molecule has 0 bridgehead atoms. The molecule has 2 rings (SSSR count). The molecule has 0 unspecified atom stereocenters. The highest BCUT2D eigenvalue weighted by atomic mass is 16.5. The predicted molar refractivity (Wildman–Crippen MR) is 77.7 cm³/mol. The van der Waals surface area contributed by atoms with Gasteiger partial charge in [-0.25, -0.2) is 4.98 Å². The fourth-order valence-electron chi connectivity index (χ4n) is 2.16. The van der Waals surface area contributed by atoms with Gasteiger partial charge in [-0.2, -0.15) is 0 Å². The van der Waals surface area contributed by atoms with Gasteiger partial charge in [0.25, 0.3) is 0 Å². The lowest BCUT2D eigenvalue weighted by Crippen LogP contribution is -2.24. The van der Waals surface area contributed by atoms with Crippen LogP contribution in [0.4, 0.5) is 5.82 Å². The molecule has 0 atom stereocenters. The smallest absolute Gasteiger partial charge is 0.151 e. The first kappa shape index (κ1) is 13.8. The number of pyridine rings is 1. The van der Waals surface area contributed by atoms with Crippen LogP contribution in [0.5, 0.6) is 0 Å². The molecule has 0 amide bonds. The van der Waals surface area contributed by atoms with Crippen molar-refractivity contribution in [1.82, 2.24) is 9.38 Å². The van der Waals surface area contributed by atoms with Crippen molar-refractivity contribution in [2.45, 2.75) is 13.3 Å². The summed E-state index contributed by atoms with van der Waals surface area (Å²) in [4.78, 5) is 6.82. The molecule has 0 fully saturated rings. The Morgan fingerprint density at radius 1 is 1.42 bits per heavy atom. The summed E-state index contributed by atoms with van der Waals surface area (Å²) < 4.78 is 7.51. The largest absolute Gasteiger partial charge is 0.380 e. The predicted octanol–water partition coefficient (Wildman–Crippen LogP) is 1.31. The molecule has 0 aromatic carbocycles. The maximum absolute atomic E-state index is 5.72. The topological polar surface area (TPSA) is 55.8 Å². The van der Waals surface area contributed by atoms with Gasteiger partial charge in [0.05, 0.1) is 12.3 Å². The first-order valence-electron chi connectivity index (χ1n) is 6.72. The van der Waals surface area contributed by atoms with Crippen LogP contribution >= 0.6 is 0 Å². The van der Waals surface area contributed by atoms with Gasteiger partial charge in [-0.15, -0.1) is 0 Å². The second-order valence-corrected chi connectivity index (χ2v) is 4.47. The Hall–Kier alpha value is -1.59. The summed E-state index contributed by atoms with van der Waals surface area (Å²) in [5, 5.41) is 0. The van der Waals surface area contributed by atoms with Gasteiger partial charge in [0.2, 0.25) is 0 Å². The van der Waals surface area contributed by atoms with Crippen LogP contribution in [-0.4, -0.2) is 42.7 Å². The molecule has 2 N–H and O–H groups in total. The van der Waals surface area contributed by atoms with E-state index in [-0.39, 0.29) is 0 Å². The van der Waals surface area contributed by atoms with Crippen LogP contribution in [-0.2, 0) is 11.2 Å². The van der Waals surface area contributed by atoms with Crippen LogP contribution in [0.3, 0.4) is 0 Å². The summed E-state index contributed by atoms with van der Waals surface area (Å²) >= 11 is 0. The highest BCUT2D eigenvalue weighted by molar-refractivity contribution is 5.55. The average molecular weight is 262 g/mol. The summed E-state index contributed by atoms with van der Waals surface area (Å²) in [6, 6.07) is 6.02. The van der Waals surface area contributed by atoms with Gasteiger partial charge in [-0.3, -0.25) is 0 Å². The van der Waals surface area contributed by atoms with Gasteiger partial charge in [0.1, 0.15) is 5.65 Å². The van der Waals surface area contributed by atoms with E-state index in [1.165, 1.54) is 0 Å². The summed E-state index contributed by atoms with van der Waals surface area (Å²) in [5.74, 6) is 0.997. The van der Waals surface area contributed by atoms with Crippen molar-refractivity contribution in [2.24, 2.45) is 5.73 Å². The van der Waals surface area contributed by atoms with Crippen LogP contribution in [0.2, 0.25) is 0 Å². The minimum Gasteiger partial charge on any atom is -0.380 e. The van der Waals surface area contributed by atoms with Gasteiger partial charge in [-0.05, 0) is 25.6 Å². The molecule has 104 valence electrons. The third-order valence-corrected chi connectivity index (χ3v) is 3.13. The lowest BCUT2D eigenvalue weighted by atomic mass is 10.3. The maximum Gasteiger partial charge on any atom is 0.151 e. The van der Waals surface area contributed by atoms with E-state index in [1.54, 1.807) is 0 Å². The Morgan fingerprint density at radius 3 is 3.00 bits per heavy atom. The molecule has 0 aliphatic heterocycles. The molecule has 0 spiro atoms. The van der Waals surface area contributed by atoms with Gasteiger partial charge in [0, 0.05) is 32.8 Å². The van der Waals surface area contributed by atoms with Crippen LogP contribution < -0.4 is 10.6 Å². The molecule has 2 aromatic heterocycles. The lowest BCUT2D eigenvalue weighted by Gasteiger charge is -2.18. The molecule has 0 saturated heterocycles. The summed E-state index contributed by atoms with van der Waals surface area (Å²) in [5.41, 5.74) is 7.84. The van der Waals surface area contributed by atoms with Crippen molar-refractivity contribution < 1.29 is 4.74 Å². The number of hydrogen-bond acceptors (Lipinski definition) is 4. The van der Waals surface area contributed by atoms with E-state index in [1.807, 2.05) is 38.4 Å². The van der Waals surface area contributed by atoms with Crippen LogP contribution in [0.15, 0.2) is 24.4 Å². The molecule has 0 aliphatic carbocycles. The number of ether oxygens (including phenoxy) is 1. The van der Waals surface area contributed by atoms with Crippen molar-refractivity contribution >= 4 is 11.5 Å². The molecule has 2 aromatic rings. The molecule has 0 saturated carbocycles. The average Bonchev–Trinajstić information content (AvgIpc) is 2.79. The van der Waals surface area contributed by atoms with Crippen molar-refractivity contribution in [1.29, 1.82) is 0 Å². The Bertz CT molecular complexity index is 523. The fraction of sp³-hybridized carbons (Fsp3) is 0.500. The molecule has 19 heavy (non-hydrogen) atoms. The maximum atomic E-state index is 5.72. The Kier molecular flexibility index (Phi) is 4.76. The fourth-order valence-corrected chi connectivity index (χ4v) is 2.16. The number of likely N-dealkylation sites (N-methyl/N-ethyl adjacent to an activating group) is 1. The SMILES string of the molecule is CCOCCN(C)c1nc2ccccn2c1CCN. The van der Waals surface area contributed by atoms with E-state index >= 15 is 0 Å². The Morgan fingerprint density at radius 2 is 2.26 bits per heavy atom. The van der Waals surface area contributed by atoms with Gasteiger partial charge in [0.15, 0.2) is 5.82 Å². The monoisotopic (exact) mass is 262 g/mol. The van der Waals surface area contributed by atoms with Crippen LogP contribution in [0, 0.1) is 0 Å². The quantitative estimate of drug-likeness (QED) is 0.764. The van der Waals surface area contributed by atoms with E-state index in [2.05, 4.69) is 14.3 Å². The Balaban J connectivity index is 2.27. The van der Waals surface area contributed by atoms with Crippen molar-refractivity contribution in [2.75, 3.05) is 38.3 Å². The summed E-state index contributed by atoms with van der Waals surface area (Å²) in [6.07, 6.45) is 2.85. The third-order valence-electron chi connectivity index (χ3n) is 3.13. The normalized spacial score (nSPS) is 11.1. The second kappa shape index (κ2) is 6.54. The molecule has 0 aliphatic rings. The molecule has 5 nitrogen and oxygen atoms in total. The van der Waals surface area contributed by atoms with Crippen LogP contribution in [0.25, 0.3) is 5.65 Å². The number of imidazole rings is 1. The van der Waals surface area contributed by atoms with Gasteiger partial charge in [-0.1, -0.05) is 6.07 Å². The van der Waals surface area contributed by atoms with Crippen molar-refractivity contribution in [3.8, 4) is 0 Å². The third kappa shape index (κ3) is 3.05. The highest BCUT2D eigenvalue weighted by Crippen LogP contribution is 2.20. The molecule has 2 heterocycles. The van der Waals surface area contributed by atoms with Crippen LogP contribution in [0.1, 0.15) is 12.6 Å². The number of anilines is 1. The molecule has 0 radical (unpaired) electrons. The summed E-state index contributed by atoms with van der Waals surface area (Å²) in [7, 11) is 2.04. The van der Waals surface area contributed by atoms with E-state index in [0.29, 0.717) is 13.2 Å². The van der Waals surface area contributed by atoms with E-state index in [4.69, 9.17) is 10.5 Å². The first-order valence-corrected chi connectivity index (χ1v) is 6.72. The summed E-state index contributed by atoms with van der Waals surface area (Å²) in [6.45, 7) is 4.91. The zero-order valence-corrected chi connectivity index (χ0v) is 11.7. The van der Waals surface area contributed by atoms with Crippen molar-refractivity contribution in [3.05, 3.63) is 30.1 Å². The minimum atomic E-state index is 0.620. The number of rotatable bonds is 7. The van der Waals surface area contributed by atoms with Crippen molar-refractivity contribution in [3.63, 3.8) is 0 Å². The molecular formula is C14H22N4O. The lowest BCUT2D eigenvalue weighted by molar-refractivity contribution is 0.154. The van der Waals surface area contributed by atoms with E-state index < -0.39 is 0 Å². The number of aromatic nitrogens is 2. The number of hydrogen-bond donors (Lipinski definition) is 1. The number of fused-ring (bicyclic) bond motifs is 1. The molecule has 5 heteroatoms. The zero-order valence-electron chi connectivity index (χ0n) is 11.7. The molecular weight excluding hydrogens is 240 g/mol. The Labute approximate surface area is 114 Å². The first-order chi connectivity index (χ1) is 9.27. The van der Waals surface area contributed by atoms with E-state index in [9.17, 15) is 0 Å². The van der Waals surface area contributed by atoms with Gasteiger partial charge >= 0.3 is 0 Å². The second-order valence-electron chi connectivity index (χ2n) is 4.47. The minimum absolute atomic E-state index is 0.620. The number of nitrogens with two attached hydrogens (primary N) is 1. The highest BCUT2D eigenvalue weighted by Gasteiger charge is 2.14. The number of nitrogens with zero attached hydrogens (tertiary/aromatic N) is 3. The van der Waals surface area contributed by atoms with E-state index in [0.717, 1.165) is 36.7 Å². The standard InChI is InChI=1S/C14H22N4O/c1-3-19-11-10-17(2)14-12(7-8-15)18-9-5-4-6-13(18)16-14/h4-6,9H,3,7-8,10-11,15H2,1-2H3.